The Morgan fingerprint density at radius 3 is 2.40 bits per heavy atom. The van der Waals surface area contributed by atoms with E-state index in [0.717, 1.165) is 50.5 Å². The first-order chi connectivity index (χ1) is 16.7. The van der Waals surface area contributed by atoms with Crippen LogP contribution in [0.3, 0.4) is 0 Å². The molecule has 1 amide bonds. The molecule has 2 aromatic carbocycles. The summed E-state index contributed by atoms with van der Waals surface area (Å²) in [7, 11) is 1.61. The van der Waals surface area contributed by atoms with Gasteiger partial charge in [-0.05, 0) is 69.4 Å². The zero-order valence-corrected chi connectivity index (χ0v) is 21.2. The lowest BCUT2D eigenvalue weighted by atomic mass is 9.92. The van der Waals surface area contributed by atoms with Gasteiger partial charge in [0.05, 0.1) is 25.1 Å². The second-order valence-electron chi connectivity index (χ2n) is 8.98. The van der Waals surface area contributed by atoms with Crippen LogP contribution in [0.15, 0.2) is 34.1 Å². The quantitative estimate of drug-likeness (QED) is 0.590. The minimum Gasteiger partial charge on any atom is -0.493 e. The number of primary amides is 1. The Bertz CT molecular complexity index is 1440. The average molecular weight is 477 g/mol. The van der Waals surface area contributed by atoms with E-state index in [-0.39, 0.29) is 12.2 Å². The van der Waals surface area contributed by atoms with Gasteiger partial charge in [-0.25, -0.2) is 9.79 Å². The van der Waals surface area contributed by atoms with E-state index < -0.39 is 5.91 Å². The highest BCUT2D eigenvalue weighted by Gasteiger charge is 2.25. The van der Waals surface area contributed by atoms with E-state index in [2.05, 4.69) is 0 Å². The van der Waals surface area contributed by atoms with Gasteiger partial charge in [0.15, 0.2) is 11.5 Å². The summed E-state index contributed by atoms with van der Waals surface area (Å²) in [4.78, 5) is 30.4. The highest BCUT2D eigenvalue weighted by molar-refractivity contribution is 5.74. The zero-order valence-electron chi connectivity index (χ0n) is 21.2. The maximum atomic E-state index is 13.6. The van der Waals surface area contributed by atoms with E-state index in [9.17, 15) is 9.59 Å². The molecule has 0 aliphatic carbocycles. The summed E-state index contributed by atoms with van der Waals surface area (Å²) in [6.07, 6.45) is 0.654. The Hall–Kier alpha value is -3.81. The Kier molecular flexibility index (Phi) is 6.56. The number of amides is 1. The zero-order chi connectivity index (χ0) is 25.4. The third-order valence-corrected chi connectivity index (χ3v) is 6.46. The molecule has 2 N–H and O–H groups in total. The number of hydrogen-bond acceptors (Lipinski definition) is 5. The minimum atomic E-state index is -0.600. The highest BCUT2D eigenvalue weighted by Crippen LogP contribution is 2.41. The molecule has 1 aromatic heterocycles. The monoisotopic (exact) mass is 476 g/mol. The molecule has 0 spiro atoms. The number of hydrogen-bond donors (Lipinski definition) is 1. The first-order valence-electron chi connectivity index (χ1n) is 11.7. The van der Waals surface area contributed by atoms with Crippen molar-refractivity contribution in [1.29, 1.82) is 0 Å². The van der Waals surface area contributed by atoms with Crippen LogP contribution in [0.25, 0.3) is 11.3 Å². The fourth-order valence-corrected chi connectivity index (χ4v) is 4.98. The normalized spacial score (nSPS) is 12.8. The highest BCUT2D eigenvalue weighted by atomic mass is 16.5. The van der Waals surface area contributed by atoms with Gasteiger partial charge in [0.25, 0.3) is 0 Å². The molecule has 1 aliphatic heterocycles. The largest absolute Gasteiger partial charge is 0.493 e. The van der Waals surface area contributed by atoms with Gasteiger partial charge in [-0.1, -0.05) is 17.7 Å². The molecule has 35 heavy (non-hydrogen) atoms. The van der Waals surface area contributed by atoms with E-state index in [0.29, 0.717) is 30.8 Å². The van der Waals surface area contributed by atoms with Crippen molar-refractivity contribution in [3.05, 3.63) is 68.1 Å². The Morgan fingerprint density at radius 2 is 1.80 bits per heavy atom. The molecular weight excluding hydrogens is 444 g/mol. The number of ether oxygens (including phenoxy) is 2. The summed E-state index contributed by atoms with van der Waals surface area (Å²) >= 11 is 0. The lowest BCUT2D eigenvalue weighted by Crippen LogP contribution is -2.44. The third-order valence-electron chi connectivity index (χ3n) is 6.46. The number of nitrogens with zero attached hydrogens (tertiary/aromatic N) is 3. The standard InChI is InChI=1S/C27H32N4O4/c1-7-35-26-18(5)19-8-9-30-21(20(19)12-22(26)34-6)13-24(31(27(30)33)14-23(28)32)29-25-16(3)10-15(2)11-17(25)4/h10-13H,7-9,14H2,1-6H3,(H2,28,32)/b29-24+. The molecule has 0 atom stereocenters. The Balaban J connectivity index is 2.06. The van der Waals surface area contributed by atoms with Gasteiger partial charge in [-0.3, -0.25) is 13.9 Å². The molecule has 0 unspecified atom stereocenters. The SMILES string of the molecule is CCOc1c(OC)cc2c(c1C)CCn1c-2c/c(=N\c2c(C)cc(C)cc2C)n(CC(N)=O)c1=O. The molecule has 1 aliphatic rings. The summed E-state index contributed by atoms with van der Waals surface area (Å²) in [6.45, 7) is 10.7. The summed E-state index contributed by atoms with van der Waals surface area (Å²) in [5, 5.41) is 0. The van der Waals surface area contributed by atoms with Crippen molar-refractivity contribution in [3.63, 3.8) is 0 Å². The van der Waals surface area contributed by atoms with Crippen LogP contribution in [0.5, 0.6) is 11.5 Å². The van der Waals surface area contributed by atoms with Crippen molar-refractivity contribution >= 4 is 11.6 Å². The van der Waals surface area contributed by atoms with Gasteiger partial charge < -0.3 is 15.2 Å². The molecule has 0 radical (unpaired) electrons. The van der Waals surface area contributed by atoms with Crippen molar-refractivity contribution < 1.29 is 14.3 Å². The summed E-state index contributed by atoms with van der Waals surface area (Å²) < 4.78 is 14.5. The molecule has 0 bridgehead atoms. The lowest BCUT2D eigenvalue weighted by molar-refractivity contribution is -0.118. The van der Waals surface area contributed by atoms with Crippen LogP contribution in [0.4, 0.5) is 5.69 Å². The number of rotatable bonds is 6. The molecule has 4 rings (SSSR count). The number of carbonyl (C=O) groups excluding carboxylic acids is 1. The second-order valence-corrected chi connectivity index (χ2v) is 8.98. The first-order valence-corrected chi connectivity index (χ1v) is 11.7. The number of methoxy groups -OCH3 is 1. The van der Waals surface area contributed by atoms with E-state index in [4.69, 9.17) is 20.2 Å². The van der Waals surface area contributed by atoms with E-state index >= 15 is 0 Å². The lowest BCUT2D eigenvalue weighted by Gasteiger charge is -2.26. The third kappa shape index (κ3) is 4.36. The number of aromatic nitrogens is 2. The molecule has 184 valence electrons. The predicted octanol–water partition coefficient (Wildman–Crippen LogP) is 3.23. The van der Waals surface area contributed by atoms with Crippen LogP contribution in [0.1, 0.15) is 34.7 Å². The molecule has 0 saturated heterocycles. The molecule has 8 nitrogen and oxygen atoms in total. The van der Waals surface area contributed by atoms with Crippen molar-refractivity contribution in [2.24, 2.45) is 10.7 Å². The molecule has 3 aromatic rings. The number of aryl methyl sites for hydroxylation is 3. The van der Waals surface area contributed by atoms with Crippen molar-refractivity contribution in [2.45, 2.75) is 54.1 Å². The van der Waals surface area contributed by atoms with Crippen LogP contribution >= 0.6 is 0 Å². The van der Waals surface area contributed by atoms with Crippen LogP contribution in [0, 0.1) is 27.7 Å². The predicted molar refractivity (Wildman–Crippen MR) is 135 cm³/mol. The van der Waals surface area contributed by atoms with Crippen LogP contribution < -0.4 is 26.4 Å². The molecule has 0 saturated carbocycles. The first kappa shape index (κ1) is 24.3. The van der Waals surface area contributed by atoms with Gasteiger partial charge in [-0.2, -0.15) is 0 Å². The average Bonchev–Trinajstić information content (AvgIpc) is 2.79. The smallest absolute Gasteiger partial charge is 0.330 e. The van der Waals surface area contributed by atoms with Gasteiger partial charge in [-0.15, -0.1) is 0 Å². The summed E-state index contributed by atoms with van der Waals surface area (Å²) in [5.74, 6) is 0.734. The van der Waals surface area contributed by atoms with Crippen molar-refractivity contribution in [1.82, 2.24) is 9.13 Å². The van der Waals surface area contributed by atoms with Crippen LogP contribution in [-0.2, 0) is 24.3 Å². The number of carbonyl (C=O) groups is 1. The fraction of sp³-hybridized carbons (Fsp3) is 0.370. The molecule has 0 fully saturated rings. The van der Waals surface area contributed by atoms with Gasteiger partial charge in [0.1, 0.15) is 12.0 Å². The van der Waals surface area contributed by atoms with Crippen molar-refractivity contribution in [2.75, 3.05) is 13.7 Å². The van der Waals surface area contributed by atoms with E-state index in [1.807, 2.05) is 58.9 Å². The molecular formula is C27H32N4O4. The summed E-state index contributed by atoms with van der Waals surface area (Å²) in [6, 6.07) is 7.88. The van der Waals surface area contributed by atoms with Gasteiger partial charge in [0, 0.05) is 18.2 Å². The fourth-order valence-electron chi connectivity index (χ4n) is 4.98. The van der Waals surface area contributed by atoms with Gasteiger partial charge >= 0.3 is 5.69 Å². The van der Waals surface area contributed by atoms with Gasteiger partial charge in [0.2, 0.25) is 5.91 Å². The maximum absolute atomic E-state index is 13.6. The number of nitrogens with two attached hydrogens (primary N) is 1. The Morgan fingerprint density at radius 1 is 1.11 bits per heavy atom. The molecule has 2 heterocycles. The number of benzene rings is 2. The molecule has 8 heteroatoms. The second kappa shape index (κ2) is 9.44. The maximum Gasteiger partial charge on any atom is 0.330 e. The minimum absolute atomic E-state index is 0.250. The Labute approximate surface area is 204 Å². The number of fused-ring (bicyclic) bond motifs is 3. The van der Waals surface area contributed by atoms with Crippen LogP contribution in [0.2, 0.25) is 0 Å². The van der Waals surface area contributed by atoms with Crippen LogP contribution in [-0.4, -0.2) is 28.8 Å². The summed E-state index contributed by atoms with van der Waals surface area (Å²) in [5.41, 5.74) is 13.2. The topological polar surface area (TPSA) is 101 Å². The van der Waals surface area contributed by atoms with E-state index in [1.165, 1.54) is 4.57 Å². The van der Waals surface area contributed by atoms with E-state index in [1.54, 1.807) is 11.7 Å². The van der Waals surface area contributed by atoms with Crippen molar-refractivity contribution in [3.8, 4) is 22.8 Å².